The fraction of sp³-hybridized carbons (Fsp3) is 0.667. The fourth-order valence-electron chi connectivity index (χ4n) is 3.31. The summed E-state index contributed by atoms with van der Waals surface area (Å²) in [6.07, 6.45) is 2.08. The van der Waals surface area contributed by atoms with Crippen molar-refractivity contribution in [3.63, 3.8) is 0 Å². The molecule has 1 fully saturated rings. The highest BCUT2D eigenvalue weighted by Crippen LogP contribution is 2.20. The van der Waals surface area contributed by atoms with Crippen molar-refractivity contribution in [1.82, 2.24) is 20.9 Å². The fourth-order valence-corrected chi connectivity index (χ4v) is 3.31. The van der Waals surface area contributed by atoms with Gasteiger partial charge in [0.1, 0.15) is 0 Å². The standard InChI is InChI=1S/C21H36FN5O/c1-21(2,3)25-11-10-24-20(23-4)26-17-8-12-27(13-9-17)15-16-6-7-19(28-5)18(22)14-16/h6-7,14,17,25H,8-13,15H2,1-5H3,(H2,23,24,26). The molecule has 28 heavy (non-hydrogen) atoms. The summed E-state index contributed by atoms with van der Waals surface area (Å²) in [5.74, 6) is 0.849. The molecule has 1 saturated heterocycles. The van der Waals surface area contributed by atoms with Crippen molar-refractivity contribution in [3.05, 3.63) is 29.6 Å². The third-order valence-electron chi connectivity index (χ3n) is 4.85. The predicted octanol–water partition coefficient (Wildman–Crippen LogP) is 2.35. The van der Waals surface area contributed by atoms with Crippen LogP contribution in [0.15, 0.2) is 23.2 Å². The van der Waals surface area contributed by atoms with Crippen molar-refractivity contribution in [2.45, 2.75) is 51.7 Å². The van der Waals surface area contributed by atoms with Crippen LogP contribution in [-0.2, 0) is 6.54 Å². The Labute approximate surface area is 168 Å². The van der Waals surface area contributed by atoms with Crippen molar-refractivity contribution in [2.75, 3.05) is 40.3 Å². The molecule has 0 aliphatic carbocycles. The Morgan fingerprint density at radius 2 is 1.96 bits per heavy atom. The van der Waals surface area contributed by atoms with E-state index in [2.05, 4.69) is 46.6 Å². The zero-order valence-corrected chi connectivity index (χ0v) is 17.9. The summed E-state index contributed by atoms with van der Waals surface area (Å²) < 4.78 is 18.8. The summed E-state index contributed by atoms with van der Waals surface area (Å²) in [6, 6.07) is 5.61. The number of halogens is 1. The van der Waals surface area contributed by atoms with Gasteiger partial charge < -0.3 is 20.7 Å². The lowest BCUT2D eigenvalue weighted by molar-refractivity contribution is 0.198. The van der Waals surface area contributed by atoms with Gasteiger partial charge in [-0.1, -0.05) is 6.07 Å². The third-order valence-corrected chi connectivity index (χ3v) is 4.85. The Morgan fingerprint density at radius 1 is 1.25 bits per heavy atom. The number of methoxy groups -OCH3 is 1. The second kappa shape index (κ2) is 10.6. The first kappa shape index (κ1) is 22.4. The molecule has 1 aliphatic heterocycles. The Hall–Kier alpha value is -1.86. The lowest BCUT2D eigenvalue weighted by atomic mass is 10.0. The topological polar surface area (TPSA) is 60.9 Å². The molecule has 0 radical (unpaired) electrons. The molecule has 1 aromatic carbocycles. The highest BCUT2D eigenvalue weighted by atomic mass is 19.1. The lowest BCUT2D eigenvalue weighted by Gasteiger charge is -2.33. The van der Waals surface area contributed by atoms with Crippen LogP contribution in [0.2, 0.25) is 0 Å². The minimum absolute atomic E-state index is 0.123. The Bertz CT molecular complexity index is 636. The number of hydrogen-bond acceptors (Lipinski definition) is 4. The number of likely N-dealkylation sites (tertiary alicyclic amines) is 1. The Morgan fingerprint density at radius 3 is 2.54 bits per heavy atom. The minimum atomic E-state index is -0.299. The number of aliphatic imine (C=N–C) groups is 1. The first-order valence-electron chi connectivity index (χ1n) is 10.1. The van der Waals surface area contributed by atoms with Gasteiger partial charge in [-0.25, -0.2) is 4.39 Å². The van der Waals surface area contributed by atoms with Gasteiger partial charge >= 0.3 is 0 Å². The number of hydrogen-bond donors (Lipinski definition) is 3. The van der Waals surface area contributed by atoms with Crippen LogP contribution < -0.4 is 20.7 Å². The summed E-state index contributed by atoms with van der Waals surface area (Å²) in [5, 5.41) is 10.3. The summed E-state index contributed by atoms with van der Waals surface area (Å²) in [4.78, 5) is 6.69. The van der Waals surface area contributed by atoms with Crippen LogP contribution >= 0.6 is 0 Å². The van der Waals surface area contributed by atoms with Crippen LogP contribution in [0, 0.1) is 5.82 Å². The second-order valence-electron chi connectivity index (χ2n) is 8.34. The van der Waals surface area contributed by atoms with E-state index in [1.165, 1.54) is 7.11 Å². The van der Waals surface area contributed by atoms with Gasteiger partial charge in [0.05, 0.1) is 7.11 Å². The highest BCUT2D eigenvalue weighted by molar-refractivity contribution is 5.79. The molecular formula is C21H36FN5O. The summed E-state index contributed by atoms with van der Waals surface area (Å²) >= 11 is 0. The highest BCUT2D eigenvalue weighted by Gasteiger charge is 2.20. The van der Waals surface area contributed by atoms with Gasteiger partial charge in [-0.05, 0) is 51.3 Å². The van der Waals surface area contributed by atoms with Crippen LogP contribution in [0.5, 0.6) is 5.75 Å². The van der Waals surface area contributed by atoms with Gasteiger partial charge in [-0.3, -0.25) is 9.89 Å². The molecule has 2 rings (SSSR count). The average Bonchev–Trinajstić information content (AvgIpc) is 2.65. The van der Waals surface area contributed by atoms with E-state index in [1.54, 1.807) is 19.2 Å². The number of benzene rings is 1. The molecule has 0 atom stereocenters. The number of nitrogens with one attached hydrogen (secondary N) is 3. The Balaban J connectivity index is 1.71. The molecule has 3 N–H and O–H groups in total. The molecule has 0 saturated carbocycles. The normalized spacial score (nSPS) is 16.9. The lowest BCUT2D eigenvalue weighted by Crippen LogP contribution is -2.50. The van der Waals surface area contributed by atoms with E-state index in [0.29, 0.717) is 11.8 Å². The van der Waals surface area contributed by atoms with E-state index in [4.69, 9.17) is 4.74 Å². The van der Waals surface area contributed by atoms with Crippen molar-refractivity contribution >= 4 is 5.96 Å². The zero-order valence-electron chi connectivity index (χ0n) is 17.9. The van der Waals surface area contributed by atoms with Crippen LogP contribution in [0.1, 0.15) is 39.2 Å². The molecule has 0 aromatic heterocycles. The molecule has 158 valence electrons. The maximum Gasteiger partial charge on any atom is 0.191 e. The number of rotatable bonds is 7. The van der Waals surface area contributed by atoms with E-state index >= 15 is 0 Å². The largest absolute Gasteiger partial charge is 0.494 e. The smallest absolute Gasteiger partial charge is 0.191 e. The van der Waals surface area contributed by atoms with Gasteiger partial charge in [0.2, 0.25) is 0 Å². The average molecular weight is 394 g/mol. The third kappa shape index (κ3) is 7.64. The predicted molar refractivity (Wildman–Crippen MR) is 114 cm³/mol. The van der Waals surface area contributed by atoms with E-state index in [-0.39, 0.29) is 11.4 Å². The van der Waals surface area contributed by atoms with Gasteiger partial charge in [0.15, 0.2) is 17.5 Å². The number of guanidine groups is 1. The minimum Gasteiger partial charge on any atom is -0.494 e. The van der Waals surface area contributed by atoms with Crippen molar-refractivity contribution in [2.24, 2.45) is 4.99 Å². The van der Waals surface area contributed by atoms with Crippen molar-refractivity contribution < 1.29 is 9.13 Å². The maximum atomic E-state index is 13.9. The molecule has 1 aromatic rings. The van der Waals surface area contributed by atoms with E-state index in [0.717, 1.165) is 57.1 Å². The maximum absolute atomic E-state index is 13.9. The monoisotopic (exact) mass is 393 g/mol. The van der Waals surface area contributed by atoms with Crippen molar-refractivity contribution in [1.29, 1.82) is 0 Å². The van der Waals surface area contributed by atoms with E-state index < -0.39 is 0 Å². The van der Waals surface area contributed by atoms with E-state index in [1.807, 2.05) is 6.07 Å². The van der Waals surface area contributed by atoms with Gasteiger partial charge in [0.25, 0.3) is 0 Å². The Kier molecular flexibility index (Phi) is 8.51. The second-order valence-corrected chi connectivity index (χ2v) is 8.34. The first-order chi connectivity index (χ1) is 13.3. The van der Waals surface area contributed by atoms with Crippen LogP contribution in [0.4, 0.5) is 4.39 Å². The molecule has 1 heterocycles. The van der Waals surface area contributed by atoms with Gasteiger partial charge in [0, 0.05) is 51.4 Å². The molecule has 0 bridgehead atoms. The zero-order chi connectivity index (χ0) is 20.6. The number of nitrogens with zero attached hydrogens (tertiary/aromatic N) is 2. The first-order valence-corrected chi connectivity index (χ1v) is 10.1. The molecule has 0 unspecified atom stereocenters. The van der Waals surface area contributed by atoms with Gasteiger partial charge in [-0.15, -0.1) is 0 Å². The quantitative estimate of drug-likeness (QED) is 0.377. The molecule has 7 heteroatoms. The van der Waals surface area contributed by atoms with Crippen LogP contribution in [0.3, 0.4) is 0 Å². The number of ether oxygens (including phenoxy) is 1. The molecule has 0 amide bonds. The van der Waals surface area contributed by atoms with Crippen molar-refractivity contribution in [3.8, 4) is 5.75 Å². The van der Waals surface area contributed by atoms with E-state index in [9.17, 15) is 4.39 Å². The van der Waals surface area contributed by atoms with Gasteiger partial charge in [-0.2, -0.15) is 0 Å². The molecule has 6 nitrogen and oxygen atoms in total. The summed E-state index contributed by atoms with van der Waals surface area (Å²) in [7, 11) is 3.29. The summed E-state index contributed by atoms with van der Waals surface area (Å²) in [6.45, 7) is 10.9. The molecule has 1 aliphatic rings. The van der Waals surface area contributed by atoms with Crippen LogP contribution in [0.25, 0.3) is 0 Å². The van der Waals surface area contributed by atoms with Crippen LogP contribution in [-0.4, -0.2) is 62.8 Å². The number of piperidine rings is 1. The summed E-state index contributed by atoms with van der Waals surface area (Å²) in [5.41, 5.74) is 1.10. The SMILES string of the molecule is CN=C(NCCNC(C)(C)C)NC1CCN(Cc2ccc(OC)c(F)c2)CC1. The molecule has 0 spiro atoms. The molecular weight excluding hydrogens is 357 g/mol.